The van der Waals surface area contributed by atoms with E-state index in [0.717, 1.165) is 0 Å². The van der Waals surface area contributed by atoms with Crippen LogP contribution >= 0.6 is 0 Å². The molecule has 0 aliphatic heterocycles. The van der Waals surface area contributed by atoms with Gasteiger partial charge in [-0.1, -0.05) is 0 Å². The summed E-state index contributed by atoms with van der Waals surface area (Å²) < 4.78 is 10.2. The van der Waals surface area contributed by atoms with Crippen molar-refractivity contribution in [1.82, 2.24) is 0 Å². The van der Waals surface area contributed by atoms with E-state index in [1.165, 1.54) is 6.07 Å². The summed E-state index contributed by atoms with van der Waals surface area (Å²) in [6.45, 7) is 4.93. The van der Waals surface area contributed by atoms with Gasteiger partial charge < -0.3 is 19.9 Å². The Morgan fingerprint density at radius 2 is 1.95 bits per heavy atom. The number of carboxylic acid groups (broad SMARTS) is 1. The Morgan fingerprint density at radius 1 is 1.25 bits per heavy atom. The molecule has 1 aromatic rings. The number of benzene rings is 1. The van der Waals surface area contributed by atoms with Crippen LogP contribution in [0, 0.1) is 6.92 Å². The van der Waals surface area contributed by atoms with Crippen LogP contribution in [0.3, 0.4) is 0 Å². The number of hydrogen-bond donors (Lipinski definition) is 2. The van der Waals surface area contributed by atoms with Crippen molar-refractivity contribution in [3.05, 3.63) is 29.3 Å². The number of carboxylic acids is 1. The van der Waals surface area contributed by atoms with Crippen LogP contribution in [0.5, 0.6) is 0 Å². The van der Waals surface area contributed by atoms with E-state index >= 15 is 0 Å². The fraction of sp³-hybridized carbons (Fsp3) is 0.429. The molecule has 1 amide bonds. The van der Waals surface area contributed by atoms with E-state index in [0.29, 0.717) is 31.1 Å². The molecule has 2 N–H and O–H groups in total. The lowest BCUT2D eigenvalue weighted by molar-refractivity contribution is -0.121. The molecule has 0 heterocycles. The number of amides is 1. The van der Waals surface area contributed by atoms with Gasteiger partial charge in [-0.2, -0.15) is 0 Å². The summed E-state index contributed by atoms with van der Waals surface area (Å²) in [5.41, 5.74) is 1.36. The summed E-state index contributed by atoms with van der Waals surface area (Å²) >= 11 is 0. The maximum Gasteiger partial charge on any atom is 0.335 e. The fourth-order valence-corrected chi connectivity index (χ4v) is 1.61. The van der Waals surface area contributed by atoms with E-state index in [1.807, 2.05) is 6.92 Å². The van der Waals surface area contributed by atoms with Gasteiger partial charge in [0, 0.05) is 12.3 Å². The smallest absolute Gasteiger partial charge is 0.335 e. The van der Waals surface area contributed by atoms with Crippen LogP contribution in [0.2, 0.25) is 0 Å². The third-order valence-electron chi connectivity index (χ3n) is 2.55. The summed E-state index contributed by atoms with van der Waals surface area (Å²) in [6.07, 6.45) is 0. The predicted octanol–water partition coefficient (Wildman–Crippen LogP) is 1.68. The molecule has 20 heavy (non-hydrogen) atoms. The average molecular weight is 281 g/mol. The van der Waals surface area contributed by atoms with Crippen LogP contribution < -0.4 is 5.32 Å². The van der Waals surface area contributed by atoms with Crippen LogP contribution in [0.1, 0.15) is 22.8 Å². The monoisotopic (exact) mass is 281 g/mol. The summed E-state index contributed by atoms with van der Waals surface area (Å²) in [7, 11) is 0. The standard InChI is InChI=1S/C14H19NO5/c1-3-19-6-7-20-9-13(16)15-11-4-5-12(14(17)18)10(2)8-11/h4-5,8H,3,6-7,9H2,1-2H3,(H,15,16)(H,17,18). The van der Waals surface area contributed by atoms with E-state index in [-0.39, 0.29) is 18.1 Å². The number of aryl methyl sites for hydroxylation is 1. The minimum absolute atomic E-state index is 0.0627. The zero-order valence-electron chi connectivity index (χ0n) is 11.6. The molecule has 0 aliphatic carbocycles. The molecule has 0 saturated carbocycles. The number of rotatable bonds is 8. The molecule has 0 atom stereocenters. The number of carbonyl (C=O) groups is 2. The lowest BCUT2D eigenvalue weighted by Crippen LogP contribution is -2.20. The van der Waals surface area contributed by atoms with Gasteiger partial charge in [-0.15, -0.1) is 0 Å². The molecule has 1 rings (SSSR count). The summed E-state index contributed by atoms with van der Waals surface area (Å²) in [4.78, 5) is 22.4. The number of anilines is 1. The molecule has 0 spiro atoms. The molecular weight excluding hydrogens is 262 g/mol. The normalized spacial score (nSPS) is 10.3. The SMILES string of the molecule is CCOCCOCC(=O)Nc1ccc(C(=O)O)c(C)c1. The van der Waals surface area contributed by atoms with E-state index in [2.05, 4.69) is 5.32 Å². The minimum atomic E-state index is -0.986. The minimum Gasteiger partial charge on any atom is -0.478 e. The van der Waals surface area contributed by atoms with Crippen molar-refractivity contribution in [2.24, 2.45) is 0 Å². The maximum absolute atomic E-state index is 11.6. The van der Waals surface area contributed by atoms with Crippen LogP contribution in [0.4, 0.5) is 5.69 Å². The van der Waals surface area contributed by atoms with Crippen molar-refractivity contribution in [2.45, 2.75) is 13.8 Å². The van der Waals surface area contributed by atoms with E-state index < -0.39 is 5.97 Å². The maximum atomic E-state index is 11.6. The Morgan fingerprint density at radius 3 is 2.55 bits per heavy atom. The Labute approximate surface area is 117 Å². The zero-order chi connectivity index (χ0) is 15.0. The number of hydrogen-bond acceptors (Lipinski definition) is 4. The predicted molar refractivity (Wildman–Crippen MR) is 74.1 cm³/mol. The molecule has 0 unspecified atom stereocenters. The second-order valence-electron chi connectivity index (χ2n) is 4.13. The quantitative estimate of drug-likeness (QED) is 0.708. The topological polar surface area (TPSA) is 84.9 Å². The highest BCUT2D eigenvalue weighted by Crippen LogP contribution is 2.15. The zero-order valence-corrected chi connectivity index (χ0v) is 11.6. The molecule has 1 aromatic carbocycles. The summed E-state index contributed by atoms with van der Waals surface area (Å²) in [5, 5.41) is 11.5. The first-order valence-electron chi connectivity index (χ1n) is 6.34. The molecule has 0 saturated heterocycles. The lowest BCUT2D eigenvalue weighted by atomic mass is 10.1. The second-order valence-corrected chi connectivity index (χ2v) is 4.13. The lowest BCUT2D eigenvalue weighted by Gasteiger charge is -2.08. The van der Waals surface area contributed by atoms with Crippen molar-refractivity contribution < 1.29 is 24.2 Å². The highest BCUT2D eigenvalue weighted by molar-refractivity contribution is 5.94. The van der Waals surface area contributed by atoms with Crippen molar-refractivity contribution in [2.75, 3.05) is 31.7 Å². The van der Waals surface area contributed by atoms with Gasteiger partial charge >= 0.3 is 5.97 Å². The van der Waals surface area contributed by atoms with Gasteiger partial charge in [-0.25, -0.2) is 4.79 Å². The third kappa shape index (κ3) is 5.38. The molecular formula is C14H19NO5. The van der Waals surface area contributed by atoms with E-state index in [9.17, 15) is 9.59 Å². The average Bonchev–Trinajstić information content (AvgIpc) is 2.38. The van der Waals surface area contributed by atoms with Gasteiger partial charge in [0.2, 0.25) is 5.91 Å². The number of carbonyl (C=O) groups excluding carboxylic acids is 1. The van der Waals surface area contributed by atoms with Crippen LogP contribution in [0.25, 0.3) is 0 Å². The van der Waals surface area contributed by atoms with Crippen molar-refractivity contribution in [1.29, 1.82) is 0 Å². The molecule has 0 aromatic heterocycles. The van der Waals surface area contributed by atoms with Gasteiger partial charge in [-0.3, -0.25) is 4.79 Å². The Balaban J connectivity index is 2.42. The van der Waals surface area contributed by atoms with Crippen molar-refractivity contribution in [3.8, 4) is 0 Å². The molecule has 0 aliphatic rings. The molecule has 6 heteroatoms. The van der Waals surface area contributed by atoms with Crippen LogP contribution in [-0.4, -0.2) is 43.4 Å². The van der Waals surface area contributed by atoms with Gasteiger partial charge in [0.1, 0.15) is 6.61 Å². The molecule has 110 valence electrons. The molecule has 0 fully saturated rings. The van der Waals surface area contributed by atoms with Crippen LogP contribution in [0.15, 0.2) is 18.2 Å². The van der Waals surface area contributed by atoms with Gasteiger partial charge in [0.05, 0.1) is 18.8 Å². The first-order valence-corrected chi connectivity index (χ1v) is 6.34. The summed E-state index contributed by atoms with van der Waals surface area (Å²) in [6, 6.07) is 4.62. The second kappa shape index (κ2) is 8.29. The van der Waals surface area contributed by atoms with E-state index in [1.54, 1.807) is 19.1 Å². The van der Waals surface area contributed by atoms with Crippen molar-refractivity contribution in [3.63, 3.8) is 0 Å². The first-order chi connectivity index (χ1) is 9.54. The molecule has 6 nitrogen and oxygen atoms in total. The Kier molecular flexibility index (Phi) is 6.69. The number of nitrogens with one attached hydrogen (secondary N) is 1. The largest absolute Gasteiger partial charge is 0.478 e. The summed E-state index contributed by atoms with van der Waals surface area (Å²) in [5.74, 6) is -1.27. The van der Waals surface area contributed by atoms with Crippen molar-refractivity contribution >= 4 is 17.6 Å². The molecule has 0 bridgehead atoms. The fourth-order valence-electron chi connectivity index (χ4n) is 1.61. The Hall–Kier alpha value is -1.92. The van der Waals surface area contributed by atoms with E-state index in [4.69, 9.17) is 14.6 Å². The first kappa shape index (κ1) is 16.1. The van der Waals surface area contributed by atoms with Gasteiger partial charge in [-0.05, 0) is 37.6 Å². The Bertz CT molecular complexity index is 473. The van der Waals surface area contributed by atoms with Crippen LogP contribution in [-0.2, 0) is 14.3 Å². The number of ether oxygens (including phenoxy) is 2. The highest BCUT2D eigenvalue weighted by Gasteiger charge is 2.08. The van der Waals surface area contributed by atoms with Gasteiger partial charge in [0.15, 0.2) is 0 Å². The molecule has 0 radical (unpaired) electrons. The number of aromatic carboxylic acids is 1. The third-order valence-corrected chi connectivity index (χ3v) is 2.55. The van der Waals surface area contributed by atoms with Gasteiger partial charge in [0.25, 0.3) is 0 Å². The highest BCUT2D eigenvalue weighted by atomic mass is 16.5.